The number of carbonyl (C=O) groups excluding carboxylic acids is 2. The van der Waals surface area contributed by atoms with Crippen LogP contribution in [0, 0.1) is 20.8 Å². The number of unbranched alkanes of at least 4 members (excludes halogenated alkanes) is 1. The summed E-state index contributed by atoms with van der Waals surface area (Å²) in [6, 6.07) is 5.87. The molecule has 0 fully saturated rings. The number of hydrogen-bond donors (Lipinski definition) is 1. The normalized spacial score (nSPS) is 10.7. The standard InChI is InChI=1S/C20H27N3O2S/c1-6-7-11-17-21-15(4)19(26-17)20(25)23(5)12-16(24)22-18-13(2)9-8-10-14(18)3/h8-10H,6-7,11-12H2,1-5H3,(H,22,24). The van der Waals surface area contributed by atoms with Crippen molar-refractivity contribution in [3.05, 3.63) is 44.9 Å². The number of nitrogens with one attached hydrogen (secondary N) is 1. The van der Waals surface area contributed by atoms with Gasteiger partial charge in [-0.1, -0.05) is 31.5 Å². The number of para-hydroxylation sites is 1. The molecule has 0 saturated carbocycles. The second-order valence-electron chi connectivity index (χ2n) is 6.60. The Hall–Kier alpha value is -2.21. The zero-order chi connectivity index (χ0) is 19.3. The summed E-state index contributed by atoms with van der Waals surface area (Å²) in [5.74, 6) is -0.356. The number of rotatable bonds is 7. The minimum absolute atomic E-state index is 0.00818. The zero-order valence-electron chi connectivity index (χ0n) is 16.2. The molecule has 0 saturated heterocycles. The van der Waals surface area contributed by atoms with E-state index in [-0.39, 0.29) is 18.4 Å². The highest BCUT2D eigenvalue weighted by molar-refractivity contribution is 7.13. The molecule has 1 aromatic carbocycles. The Morgan fingerprint density at radius 1 is 1.19 bits per heavy atom. The Kier molecular flexibility index (Phi) is 6.91. The van der Waals surface area contributed by atoms with Crippen molar-refractivity contribution in [2.45, 2.75) is 47.0 Å². The van der Waals surface area contributed by atoms with Crippen LogP contribution in [0.15, 0.2) is 18.2 Å². The van der Waals surface area contributed by atoms with E-state index < -0.39 is 0 Å². The van der Waals surface area contributed by atoms with Crippen LogP contribution < -0.4 is 5.32 Å². The third-order valence-electron chi connectivity index (χ3n) is 4.25. The predicted octanol–water partition coefficient (Wildman–Crippen LogP) is 4.12. The Morgan fingerprint density at radius 3 is 2.46 bits per heavy atom. The molecule has 0 unspecified atom stereocenters. The fourth-order valence-electron chi connectivity index (χ4n) is 2.74. The maximum Gasteiger partial charge on any atom is 0.266 e. The lowest BCUT2D eigenvalue weighted by Crippen LogP contribution is -2.35. The molecule has 0 spiro atoms. The minimum atomic E-state index is -0.202. The molecule has 2 rings (SSSR count). The van der Waals surface area contributed by atoms with Crippen molar-refractivity contribution < 1.29 is 9.59 Å². The van der Waals surface area contributed by atoms with Crippen LogP contribution in [0.3, 0.4) is 0 Å². The quantitative estimate of drug-likeness (QED) is 0.794. The van der Waals surface area contributed by atoms with Gasteiger partial charge in [0.1, 0.15) is 4.88 Å². The van der Waals surface area contributed by atoms with E-state index in [1.54, 1.807) is 7.05 Å². The lowest BCUT2D eigenvalue weighted by atomic mass is 10.1. The maximum absolute atomic E-state index is 12.7. The van der Waals surface area contributed by atoms with Gasteiger partial charge in [0.05, 0.1) is 17.2 Å². The Labute approximate surface area is 159 Å². The van der Waals surface area contributed by atoms with E-state index in [2.05, 4.69) is 17.2 Å². The summed E-state index contributed by atoms with van der Waals surface area (Å²) in [5.41, 5.74) is 3.57. The van der Waals surface area contributed by atoms with Gasteiger partial charge in [-0.05, 0) is 44.7 Å². The number of thiazole rings is 1. The second kappa shape index (κ2) is 8.94. The molecule has 140 valence electrons. The van der Waals surface area contributed by atoms with E-state index in [4.69, 9.17) is 0 Å². The molecule has 0 radical (unpaired) electrons. The fourth-order valence-corrected chi connectivity index (χ4v) is 3.84. The summed E-state index contributed by atoms with van der Waals surface area (Å²) in [7, 11) is 1.65. The van der Waals surface area contributed by atoms with Crippen molar-refractivity contribution >= 4 is 28.8 Å². The predicted molar refractivity (Wildman–Crippen MR) is 107 cm³/mol. The summed E-state index contributed by atoms with van der Waals surface area (Å²) in [4.78, 5) is 31.6. The van der Waals surface area contributed by atoms with Crippen LogP contribution in [0.1, 0.15) is 51.3 Å². The highest BCUT2D eigenvalue weighted by Gasteiger charge is 2.21. The lowest BCUT2D eigenvalue weighted by molar-refractivity contribution is -0.116. The van der Waals surface area contributed by atoms with Gasteiger partial charge in [0, 0.05) is 12.7 Å². The highest BCUT2D eigenvalue weighted by Crippen LogP contribution is 2.22. The van der Waals surface area contributed by atoms with Gasteiger partial charge in [-0.3, -0.25) is 9.59 Å². The van der Waals surface area contributed by atoms with Crippen LogP contribution in [0.4, 0.5) is 5.69 Å². The smallest absolute Gasteiger partial charge is 0.266 e. The molecular formula is C20H27N3O2S. The first kappa shape index (κ1) is 20.1. The molecule has 0 aliphatic heterocycles. The second-order valence-corrected chi connectivity index (χ2v) is 7.69. The van der Waals surface area contributed by atoms with Gasteiger partial charge < -0.3 is 10.2 Å². The number of likely N-dealkylation sites (N-methyl/N-ethyl adjacent to an activating group) is 1. The van der Waals surface area contributed by atoms with Gasteiger partial charge in [-0.25, -0.2) is 4.98 Å². The van der Waals surface area contributed by atoms with Crippen LogP contribution in [0.25, 0.3) is 0 Å². The molecule has 6 heteroatoms. The van der Waals surface area contributed by atoms with E-state index in [1.165, 1.54) is 16.2 Å². The topological polar surface area (TPSA) is 62.3 Å². The van der Waals surface area contributed by atoms with E-state index in [9.17, 15) is 9.59 Å². The average molecular weight is 374 g/mol. The van der Waals surface area contributed by atoms with E-state index in [0.29, 0.717) is 4.88 Å². The number of benzene rings is 1. The van der Waals surface area contributed by atoms with Crippen LogP contribution in [0.5, 0.6) is 0 Å². The van der Waals surface area contributed by atoms with E-state index in [0.717, 1.165) is 46.8 Å². The number of hydrogen-bond acceptors (Lipinski definition) is 4. The van der Waals surface area contributed by atoms with Crippen molar-refractivity contribution in [2.75, 3.05) is 18.9 Å². The van der Waals surface area contributed by atoms with Gasteiger partial charge in [-0.2, -0.15) is 0 Å². The van der Waals surface area contributed by atoms with Gasteiger partial charge in [-0.15, -0.1) is 11.3 Å². The Bertz CT molecular complexity index is 778. The van der Waals surface area contributed by atoms with Gasteiger partial charge in [0.25, 0.3) is 5.91 Å². The Morgan fingerprint density at radius 2 is 1.85 bits per heavy atom. The SMILES string of the molecule is CCCCc1nc(C)c(C(=O)N(C)CC(=O)Nc2c(C)cccc2C)s1. The number of aryl methyl sites for hydroxylation is 4. The molecule has 1 N–H and O–H groups in total. The van der Waals surface area contributed by atoms with E-state index in [1.807, 2.05) is 39.0 Å². The molecule has 1 aromatic heterocycles. The molecule has 2 amide bonds. The number of aromatic nitrogens is 1. The number of nitrogens with zero attached hydrogens (tertiary/aromatic N) is 2. The fraction of sp³-hybridized carbons (Fsp3) is 0.450. The first-order chi connectivity index (χ1) is 12.3. The van der Waals surface area contributed by atoms with E-state index >= 15 is 0 Å². The summed E-state index contributed by atoms with van der Waals surface area (Å²) in [6.45, 7) is 7.90. The molecular weight excluding hydrogens is 346 g/mol. The molecule has 1 heterocycles. The summed E-state index contributed by atoms with van der Waals surface area (Å²) in [6.07, 6.45) is 3.06. The summed E-state index contributed by atoms with van der Waals surface area (Å²) < 4.78 is 0. The van der Waals surface area contributed by atoms with Crippen molar-refractivity contribution in [3.63, 3.8) is 0 Å². The Balaban J connectivity index is 2.02. The first-order valence-corrected chi connectivity index (χ1v) is 9.73. The minimum Gasteiger partial charge on any atom is -0.332 e. The molecule has 0 aliphatic rings. The van der Waals surface area contributed by atoms with Crippen LogP contribution in [0.2, 0.25) is 0 Å². The number of anilines is 1. The molecule has 2 aromatic rings. The molecule has 0 bridgehead atoms. The summed E-state index contributed by atoms with van der Waals surface area (Å²) >= 11 is 1.44. The monoisotopic (exact) mass is 373 g/mol. The van der Waals surface area contributed by atoms with Crippen LogP contribution >= 0.6 is 11.3 Å². The average Bonchev–Trinajstić information content (AvgIpc) is 2.96. The first-order valence-electron chi connectivity index (χ1n) is 8.91. The van der Waals surface area contributed by atoms with Crippen LogP contribution in [-0.4, -0.2) is 35.3 Å². The number of carbonyl (C=O) groups is 2. The van der Waals surface area contributed by atoms with Crippen molar-refractivity contribution in [1.82, 2.24) is 9.88 Å². The van der Waals surface area contributed by atoms with Gasteiger partial charge >= 0.3 is 0 Å². The molecule has 5 nitrogen and oxygen atoms in total. The van der Waals surface area contributed by atoms with Gasteiger partial charge in [0.2, 0.25) is 5.91 Å². The maximum atomic E-state index is 12.7. The van der Waals surface area contributed by atoms with Crippen molar-refractivity contribution in [3.8, 4) is 0 Å². The molecule has 0 atom stereocenters. The third kappa shape index (κ3) is 4.91. The molecule has 26 heavy (non-hydrogen) atoms. The van der Waals surface area contributed by atoms with Crippen LogP contribution in [-0.2, 0) is 11.2 Å². The van der Waals surface area contributed by atoms with Gasteiger partial charge in [0.15, 0.2) is 0 Å². The molecule has 0 aliphatic carbocycles. The summed E-state index contributed by atoms with van der Waals surface area (Å²) in [5, 5.41) is 3.91. The highest BCUT2D eigenvalue weighted by atomic mass is 32.1. The lowest BCUT2D eigenvalue weighted by Gasteiger charge is -2.17. The van der Waals surface area contributed by atoms with Crippen molar-refractivity contribution in [2.24, 2.45) is 0 Å². The van der Waals surface area contributed by atoms with Crippen molar-refractivity contribution in [1.29, 1.82) is 0 Å². The third-order valence-corrected chi connectivity index (χ3v) is 5.46. The largest absolute Gasteiger partial charge is 0.332 e. The zero-order valence-corrected chi connectivity index (χ0v) is 17.0. The number of amides is 2.